The van der Waals surface area contributed by atoms with Gasteiger partial charge in [-0.15, -0.1) is 0 Å². The summed E-state index contributed by atoms with van der Waals surface area (Å²) in [5, 5.41) is 7.92. The van der Waals surface area contributed by atoms with E-state index in [1.54, 1.807) is 0 Å². The van der Waals surface area contributed by atoms with E-state index in [1.807, 2.05) is 6.20 Å². The van der Waals surface area contributed by atoms with E-state index in [0.717, 1.165) is 43.1 Å². The predicted molar refractivity (Wildman–Crippen MR) is 116 cm³/mol. The molecule has 2 aliphatic rings. The molecular weight excluding hydrogens is 416 g/mol. The summed E-state index contributed by atoms with van der Waals surface area (Å²) in [5.41, 5.74) is 4.94. The summed E-state index contributed by atoms with van der Waals surface area (Å²) in [5.74, 6) is 0.0946. The Labute approximate surface area is 175 Å². The third-order valence-corrected chi connectivity index (χ3v) is 6.24. The first kappa shape index (κ1) is 19.5. The first-order valence-corrected chi connectivity index (χ1v) is 11.0. The van der Waals surface area contributed by atoms with Crippen LogP contribution in [0.2, 0.25) is 0 Å². The highest BCUT2D eigenvalue weighted by Gasteiger charge is 2.29. The van der Waals surface area contributed by atoms with E-state index in [2.05, 4.69) is 74.9 Å². The molecule has 1 aliphatic heterocycles. The van der Waals surface area contributed by atoms with E-state index in [9.17, 15) is 4.79 Å². The van der Waals surface area contributed by atoms with Crippen molar-refractivity contribution in [3.8, 4) is 0 Å². The first-order valence-electron chi connectivity index (χ1n) is 10.2. The number of halogens is 1. The predicted octanol–water partition coefficient (Wildman–Crippen LogP) is 4.35. The summed E-state index contributed by atoms with van der Waals surface area (Å²) in [6.45, 7) is 7.87. The second-order valence-corrected chi connectivity index (χ2v) is 9.86. The van der Waals surface area contributed by atoms with Crippen molar-refractivity contribution < 1.29 is 4.79 Å². The second kappa shape index (κ2) is 7.54. The van der Waals surface area contributed by atoms with Gasteiger partial charge in [0.1, 0.15) is 0 Å². The number of nitrogens with zero attached hydrogens (tertiary/aromatic N) is 3. The number of aryl methyl sites for hydroxylation is 1. The van der Waals surface area contributed by atoms with Crippen molar-refractivity contribution in [1.82, 2.24) is 15.1 Å². The van der Waals surface area contributed by atoms with E-state index in [4.69, 9.17) is 0 Å². The minimum Gasteiger partial charge on any atom is -0.362 e. The normalized spacial score (nSPS) is 19.1. The van der Waals surface area contributed by atoms with Gasteiger partial charge in [-0.2, -0.15) is 5.10 Å². The lowest BCUT2D eigenvalue weighted by Crippen LogP contribution is -2.41. The molecule has 1 aromatic heterocycles. The average Bonchev–Trinajstić information content (AvgIpc) is 3.07. The van der Waals surface area contributed by atoms with Gasteiger partial charge in [-0.05, 0) is 76.6 Å². The maximum absolute atomic E-state index is 12.9. The fourth-order valence-corrected chi connectivity index (χ4v) is 4.91. The van der Waals surface area contributed by atoms with Crippen LogP contribution in [0, 0.1) is 0 Å². The highest BCUT2D eigenvalue weighted by atomic mass is 79.9. The van der Waals surface area contributed by atoms with Crippen molar-refractivity contribution in [3.05, 3.63) is 45.7 Å². The summed E-state index contributed by atoms with van der Waals surface area (Å²) < 4.78 is 3.22. The average molecular weight is 445 g/mol. The molecule has 5 nitrogen and oxygen atoms in total. The molecule has 1 N–H and O–H groups in total. The molecule has 1 atom stereocenters. The van der Waals surface area contributed by atoms with Gasteiger partial charge in [-0.25, -0.2) is 0 Å². The molecule has 1 amide bonds. The number of nitrogens with one attached hydrogen (secondary N) is 1. The number of fused-ring (bicyclic) bond motifs is 2. The molecule has 0 fully saturated rings. The molecule has 0 radical (unpaired) electrons. The van der Waals surface area contributed by atoms with Gasteiger partial charge < -0.3 is 10.2 Å². The molecule has 0 saturated carbocycles. The molecule has 2 heterocycles. The summed E-state index contributed by atoms with van der Waals surface area (Å²) in [4.78, 5) is 15.1. The summed E-state index contributed by atoms with van der Waals surface area (Å²) in [7, 11) is 0. The molecule has 2 aromatic rings. The van der Waals surface area contributed by atoms with Gasteiger partial charge >= 0.3 is 0 Å². The Kier molecular flexibility index (Phi) is 5.25. The molecular formula is C22H29BrN4O. The van der Waals surface area contributed by atoms with Crippen LogP contribution in [0.25, 0.3) is 0 Å². The zero-order chi connectivity index (χ0) is 19.9. The van der Waals surface area contributed by atoms with Crippen LogP contribution in [0.1, 0.15) is 62.9 Å². The molecule has 6 heteroatoms. The van der Waals surface area contributed by atoms with Crippen molar-refractivity contribution in [3.63, 3.8) is 0 Å². The van der Waals surface area contributed by atoms with E-state index in [0.29, 0.717) is 6.54 Å². The summed E-state index contributed by atoms with van der Waals surface area (Å²) in [6, 6.07) is 6.43. The standard InChI is InChI=1S/C22H29BrN4O/c1-22(2,3)27-20-8-4-7-18(17(20)13-24-27)25-21(28)14-26-11-5-6-15-12-16(23)9-10-19(15)26/h9-10,12-13,18H,4-8,11,14H2,1-3H3,(H,25,28)/t18-/m0/s1. The molecule has 4 rings (SSSR count). The number of hydrogen-bond acceptors (Lipinski definition) is 3. The Morgan fingerprint density at radius 1 is 1.29 bits per heavy atom. The topological polar surface area (TPSA) is 50.2 Å². The Bertz CT molecular complexity index is 883. The largest absolute Gasteiger partial charge is 0.362 e. The third-order valence-electron chi connectivity index (χ3n) is 5.74. The van der Waals surface area contributed by atoms with Gasteiger partial charge in [0.2, 0.25) is 5.91 Å². The van der Waals surface area contributed by atoms with Gasteiger partial charge in [0.25, 0.3) is 0 Å². The van der Waals surface area contributed by atoms with Gasteiger partial charge in [0.05, 0.1) is 24.3 Å². The quantitative estimate of drug-likeness (QED) is 0.765. The van der Waals surface area contributed by atoms with Crippen molar-refractivity contribution in [1.29, 1.82) is 0 Å². The molecule has 28 heavy (non-hydrogen) atoms. The van der Waals surface area contributed by atoms with Crippen LogP contribution in [0.5, 0.6) is 0 Å². The lowest BCUT2D eigenvalue weighted by molar-refractivity contribution is -0.120. The zero-order valence-electron chi connectivity index (χ0n) is 17.0. The number of aromatic nitrogens is 2. The Morgan fingerprint density at radius 2 is 2.11 bits per heavy atom. The van der Waals surface area contributed by atoms with Crippen LogP contribution in [-0.2, 0) is 23.2 Å². The second-order valence-electron chi connectivity index (χ2n) is 8.94. The molecule has 0 saturated heterocycles. The zero-order valence-corrected chi connectivity index (χ0v) is 18.6. The highest BCUT2D eigenvalue weighted by Crippen LogP contribution is 2.33. The number of carbonyl (C=O) groups excluding carboxylic acids is 1. The summed E-state index contributed by atoms with van der Waals surface area (Å²) >= 11 is 3.55. The van der Waals surface area contributed by atoms with Crippen molar-refractivity contribution in [2.75, 3.05) is 18.0 Å². The fraction of sp³-hybridized carbons (Fsp3) is 0.545. The number of rotatable bonds is 3. The SMILES string of the molecule is CC(C)(C)n1ncc2c1CCC[C@@H]2NC(=O)CN1CCCc2cc(Br)ccc21. The number of benzene rings is 1. The van der Waals surface area contributed by atoms with E-state index >= 15 is 0 Å². The van der Waals surface area contributed by atoms with Crippen molar-refractivity contribution >= 4 is 27.5 Å². The van der Waals surface area contributed by atoms with Crippen LogP contribution in [-0.4, -0.2) is 28.8 Å². The van der Waals surface area contributed by atoms with Crippen molar-refractivity contribution in [2.24, 2.45) is 0 Å². The minimum atomic E-state index is -0.0364. The number of hydrogen-bond donors (Lipinski definition) is 1. The minimum absolute atomic E-state index is 0.0364. The number of anilines is 1. The molecule has 1 aromatic carbocycles. The first-order chi connectivity index (χ1) is 13.3. The van der Waals surface area contributed by atoms with Gasteiger partial charge in [-0.1, -0.05) is 15.9 Å². The van der Waals surface area contributed by atoms with Crippen LogP contribution < -0.4 is 10.2 Å². The molecule has 150 valence electrons. The number of amides is 1. The number of carbonyl (C=O) groups is 1. The van der Waals surface area contributed by atoms with Crippen LogP contribution in [0.3, 0.4) is 0 Å². The van der Waals surface area contributed by atoms with Gasteiger partial charge in [-0.3, -0.25) is 9.48 Å². The smallest absolute Gasteiger partial charge is 0.240 e. The van der Waals surface area contributed by atoms with Crippen molar-refractivity contribution in [2.45, 2.75) is 64.5 Å². The van der Waals surface area contributed by atoms with Crippen LogP contribution in [0.4, 0.5) is 5.69 Å². The van der Waals surface area contributed by atoms with Crippen LogP contribution >= 0.6 is 15.9 Å². The van der Waals surface area contributed by atoms with Gasteiger partial charge in [0, 0.05) is 28.0 Å². The molecule has 0 bridgehead atoms. The van der Waals surface area contributed by atoms with Crippen LogP contribution in [0.15, 0.2) is 28.9 Å². The molecule has 0 unspecified atom stereocenters. The van der Waals surface area contributed by atoms with E-state index < -0.39 is 0 Å². The monoisotopic (exact) mass is 444 g/mol. The molecule has 0 spiro atoms. The third kappa shape index (κ3) is 3.84. The highest BCUT2D eigenvalue weighted by molar-refractivity contribution is 9.10. The summed E-state index contributed by atoms with van der Waals surface area (Å²) in [6.07, 6.45) is 7.22. The Morgan fingerprint density at radius 3 is 2.89 bits per heavy atom. The van der Waals surface area contributed by atoms with E-state index in [1.165, 1.54) is 22.5 Å². The lowest BCUT2D eigenvalue weighted by Gasteiger charge is -2.32. The Balaban J connectivity index is 1.47. The maximum atomic E-state index is 12.9. The van der Waals surface area contributed by atoms with Gasteiger partial charge in [0.15, 0.2) is 0 Å². The fourth-order valence-electron chi connectivity index (χ4n) is 4.51. The molecule has 1 aliphatic carbocycles. The Hall–Kier alpha value is -1.82. The maximum Gasteiger partial charge on any atom is 0.240 e. The van der Waals surface area contributed by atoms with E-state index in [-0.39, 0.29) is 17.5 Å². The lowest BCUT2D eigenvalue weighted by atomic mass is 9.92.